The van der Waals surface area contributed by atoms with Crippen LogP contribution >= 0.6 is 0 Å². The van der Waals surface area contributed by atoms with Crippen molar-refractivity contribution < 1.29 is 17.6 Å². The SMILES string of the molecule is O=C(Cn1cccn1)N1CCN(S(=O)(=O)c2cccc(F)c2)CC1. The van der Waals surface area contributed by atoms with E-state index < -0.39 is 15.8 Å². The van der Waals surface area contributed by atoms with Crippen LogP contribution in [0.25, 0.3) is 0 Å². The molecule has 0 spiro atoms. The van der Waals surface area contributed by atoms with Crippen LogP contribution in [0.5, 0.6) is 0 Å². The lowest BCUT2D eigenvalue weighted by Crippen LogP contribution is -2.51. The number of nitrogens with zero attached hydrogens (tertiary/aromatic N) is 4. The fourth-order valence-corrected chi connectivity index (χ4v) is 4.04. The minimum Gasteiger partial charge on any atom is -0.338 e. The highest BCUT2D eigenvalue weighted by Gasteiger charge is 2.30. The average Bonchev–Trinajstić information content (AvgIpc) is 3.08. The predicted molar refractivity (Wildman–Crippen MR) is 84.0 cm³/mol. The van der Waals surface area contributed by atoms with Crippen LogP contribution in [-0.2, 0) is 21.4 Å². The van der Waals surface area contributed by atoms with Crippen LogP contribution in [0.3, 0.4) is 0 Å². The second-order valence-corrected chi connectivity index (χ2v) is 7.38. The average molecular weight is 352 g/mol. The molecule has 0 bridgehead atoms. The maximum Gasteiger partial charge on any atom is 0.244 e. The van der Waals surface area contributed by atoms with E-state index >= 15 is 0 Å². The molecular weight excluding hydrogens is 335 g/mol. The molecule has 7 nitrogen and oxygen atoms in total. The van der Waals surface area contributed by atoms with Crippen LogP contribution < -0.4 is 0 Å². The highest BCUT2D eigenvalue weighted by molar-refractivity contribution is 7.89. The van der Waals surface area contributed by atoms with Crippen LogP contribution in [0, 0.1) is 5.82 Å². The molecule has 0 unspecified atom stereocenters. The van der Waals surface area contributed by atoms with Crippen molar-refractivity contribution in [1.82, 2.24) is 19.0 Å². The molecule has 9 heteroatoms. The van der Waals surface area contributed by atoms with E-state index in [9.17, 15) is 17.6 Å². The van der Waals surface area contributed by atoms with Gasteiger partial charge in [0.1, 0.15) is 12.4 Å². The molecule has 1 saturated heterocycles. The number of carbonyl (C=O) groups is 1. The van der Waals surface area contributed by atoms with Gasteiger partial charge in [0.25, 0.3) is 0 Å². The number of hydrogen-bond donors (Lipinski definition) is 0. The summed E-state index contributed by atoms with van der Waals surface area (Å²) in [5, 5.41) is 3.98. The lowest BCUT2D eigenvalue weighted by Gasteiger charge is -2.34. The second kappa shape index (κ2) is 6.70. The molecule has 0 saturated carbocycles. The van der Waals surface area contributed by atoms with Gasteiger partial charge in [0.15, 0.2) is 0 Å². The molecule has 128 valence electrons. The molecule has 1 aliphatic rings. The maximum atomic E-state index is 13.3. The van der Waals surface area contributed by atoms with E-state index in [4.69, 9.17) is 0 Å². The smallest absolute Gasteiger partial charge is 0.244 e. The van der Waals surface area contributed by atoms with Gasteiger partial charge >= 0.3 is 0 Å². The molecule has 0 atom stereocenters. The lowest BCUT2D eigenvalue weighted by atomic mass is 10.3. The largest absolute Gasteiger partial charge is 0.338 e. The number of sulfonamides is 1. The van der Waals surface area contributed by atoms with Crippen molar-refractivity contribution in [3.05, 3.63) is 48.5 Å². The third-order valence-corrected chi connectivity index (χ3v) is 5.78. The van der Waals surface area contributed by atoms with Crippen molar-refractivity contribution >= 4 is 15.9 Å². The zero-order chi connectivity index (χ0) is 17.2. The van der Waals surface area contributed by atoms with E-state index in [1.807, 2.05) is 0 Å². The lowest BCUT2D eigenvalue weighted by molar-refractivity contribution is -0.133. The predicted octanol–water partition coefficient (Wildman–Crippen LogP) is 0.555. The number of rotatable bonds is 4. The van der Waals surface area contributed by atoms with Gasteiger partial charge in [-0.2, -0.15) is 9.40 Å². The van der Waals surface area contributed by atoms with Crippen LogP contribution in [-0.4, -0.2) is 59.5 Å². The highest BCUT2D eigenvalue weighted by Crippen LogP contribution is 2.18. The molecule has 2 aromatic rings. The number of carbonyl (C=O) groups excluding carboxylic acids is 1. The van der Waals surface area contributed by atoms with Gasteiger partial charge in [0.05, 0.1) is 4.90 Å². The summed E-state index contributed by atoms with van der Waals surface area (Å²) in [7, 11) is -3.75. The summed E-state index contributed by atoms with van der Waals surface area (Å²) in [6, 6.07) is 6.67. The summed E-state index contributed by atoms with van der Waals surface area (Å²) in [6.07, 6.45) is 3.29. The minimum absolute atomic E-state index is 0.0705. The van der Waals surface area contributed by atoms with Gasteiger partial charge in [-0.05, 0) is 24.3 Å². The zero-order valence-corrected chi connectivity index (χ0v) is 13.7. The van der Waals surface area contributed by atoms with Crippen LogP contribution in [0.4, 0.5) is 4.39 Å². The van der Waals surface area contributed by atoms with Gasteiger partial charge in [0, 0.05) is 38.6 Å². The molecule has 0 radical (unpaired) electrons. The molecule has 3 rings (SSSR count). The summed E-state index contributed by atoms with van der Waals surface area (Å²) in [5.74, 6) is -0.703. The third-order valence-electron chi connectivity index (χ3n) is 3.88. The summed E-state index contributed by atoms with van der Waals surface area (Å²) in [5.41, 5.74) is 0. The molecular formula is C15H17FN4O3S. The Morgan fingerprint density at radius 1 is 1.17 bits per heavy atom. The highest BCUT2D eigenvalue weighted by atomic mass is 32.2. The molecule has 1 aliphatic heterocycles. The molecule has 2 heterocycles. The number of benzene rings is 1. The molecule has 1 fully saturated rings. The normalized spacial score (nSPS) is 16.3. The van der Waals surface area contributed by atoms with Crippen molar-refractivity contribution in [2.75, 3.05) is 26.2 Å². The fourth-order valence-electron chi connectivity index (χ4n) is 2.59. The van der Waals surface area contributed by atoms with Gasteiger partial charge in [0.2, 0.25) is 15.9 Å². The van der Waals surface area contributed by atoms with E-state index in [-0.39, 0.29) is 30.4 Å². The molecule has 0 N–H and O–H groups in total. The van der Waals surface area contributed by atoms with Crippen molar-refractivity contribution in [2.45, 2.75) is 11.4 Å². The Morgan fingerprint density at radius 3 is 2.54 bits per heavy atom. The first-order valence-electron chi connectivity index (χ1n) is 7.48. The van der Waals surface area contributed by atoms with Crippen molar-refractivity contribution in [3.63, 3.8) is 0 Å². The molecule has 1 aromatic heterocycles. The van der Waals surface area contributed by atoms with Gasteiger partial charge < -0.3 is 4.90 Å². The number of halogens is 1. The van der Waals surface area contributed by atoms with E-state index in [2.05, 4.69) is 5.10 Å². The Labute approximate surface area is 139 Å². The Morgan fingerprint density at radius 2 is 1.92 bits per heavy atom. The Bertz CT molecular complexity index is 815. The zero-order valence-electron chi connectivity index (χ0n) is 12.9. The molecule has 24 heavy (non-hydrogen) atoms. The summed E-state index contributed by atoms with van der Waals surface area (Å²) >= 11 is 0. The maximum absolute atomic E-state index is 13.3. The number of amides is 1. The fraction of sp³-hybridized carbons (Fsp3) is 0.333. The topological polar surface area (TPSA) is 75.5 Å². The molecule has 1 amide bonds. The Kier molecular flexibility index (Phi) is 4.63. The summed E-state index contributed by atoms with van der Waals surface area (Å²) in [6.45, 7) is 1.10. The van der Waals surface area contributed by atoms with Crippen LogP contribution in [0.2, 0.25) is 0 Å². The van der Waals surface area contributed by atoms with E-state index in [0.717, 1.165) is 6.07 Å². The van der Waals surface area contributed by atoms with E-state index in [1.165, 1.54) is 27.2 Å². The van der Waals surface area contributed by atoms with Crippen molar-refractivity contribution in [2.24, 2.45) is 0 Å². The van der Waals surface area contributed by atoms with Crippen LogP contribution in [0.1, 0.15) is 0 Å². The first-order valence-corrected chi connectivity index (χ1v) is 8.92. The summed E-state index contributed by atoms with van der Waals surface area (Å²) in [4.78, 5) is 13.7. The Balaban J connectivity index is 1.63. The summed E-state index contributed by atoms with van der Waals surface area (Å²) < 4.78 is 41.1. The monoisotopic (exact) mass is 352 g/mol. The van der Waals surface area contributed by atoms with Gasteiger partial charge in [-0.15, -0.1) is 0 Å². The first kappa shape index (κ1) is 16.6. The minimum atomic E-state index is -3.75. The van der Waals surface area contributed by atoms with Gasteiger partial charge in [-0.25, -0.2) is 12.8 Å². The first-order chi connectivity index (χ1) is 11.5. The van der Waals surface area contributed by atoms with Crippen molar-refractivity contribution in [3.8, 4) is 0 Å². The quantitative estimate of drug-likeness (QED) is 0.806. The molecule has 0 aliphatic carbocycles. The van der Waals surface area contributed by atoms with E-state index in [1.54, 1.807) is 23.4 Å². The van der Waals surface area contributed by atoms with Crippen LogP contribution in [0.15, 0.2) is 47.6 Å². The number of hydrogen-bond acceptors (Lipinski definition) is 4. The second-order valence-electron chi connectivity index (χ2n) is 5.45. The molecule has 1 aromatic carbocycles. The Hall–Kier alpha value is -2.26. The number of aromatic nitrogens is 2. The van der Waals surface area contributed by atoms with Gasteiger partial charge in [-0.3, -0.25) is 9.48 Å². The standard InChI is InChI=1S/C15H17FN4O3S/c16-13-3-1-4-14(11-13)24(22,23)20-9-7-18(8-10-20)15(21)12-19-6-2-5-17-19/h1-6,11H,7-10,12H2. The van der Waals surface area contributed by atoms with Gasteiger partial charge in [-0.1, -0.05) is 6.07 Å². The number of piperazine rings is 1. The third kappa shape index (κ3) is 3.46. The van der Waals surface area contributed by atoms with E-state index in [0.29, 0.717) is 13.1 Å². The van der Waals surface area contributed by atoms with Crippen molar-refractivity contribution in [1.29, 1.82) is 0 Å².